The third-order valence-electron chi connectivity index (χ3n) is 3.40. The monoisotopic (exact) mass is 201 g/mol. The highest BCUT2D eigenvalue weighted by Crippen LogP contribution is 2.33. The van der Waals surface area contributed by atoms with Gasteiger partial charge >= 0.3 is 0 Å². The van der Waals surface area contributed by atoms with Gasteiger partial charge in [-0.2, -0.15) is 0 Å². The molecule has 2 aromatic rings. The fourth-order valence-electron chi connectivity index (χ4n) is 2.61. The topological polar surface area (TPSA) is 43.8 Å². The van der Waals surface area contributed by atoms with Gasteiger partial charge in [0, 0.05) is 23.8 Å². The standard InChI is InChI=1S/C12H15N3/c13-12-10-6-8-15(9-3-1-2-4-9)11(10)5-7-14-12/h5-9H,1-4H2,(H2,13,14). The molecule has 1 aliphatic carbocycles. The number of pyridine rings is 1. The van der Waals surface area contributed by atoms with E-state index >= 15 is 0 Å². The normalized spacial score (nSPS) is 17.6. The van der Waals surface area contributed by atoms with Gasteiger partial charge in [-0.3, -0.25) is 0 Å². The zero-order valence-corrected chi connectivity index (χ0v) is 8.69. The van der Waals surface area contributed by atoms with Crippen LogP contribution in [0, 0.1) is 0 Å². The fraction of sp³-hybridized carbons (Fsp3) is 0.417. The first kappa shape index (κ1) is 8.77. The van der Waals surface area contributed by atoms with E-state index in [2.05, 4.69) is 27.9 Å². The molecule has 1 saturated carbocycles. The van der Waals surface area contributed by atoms with Crippen LogP contribution in [0.3, 0.4) is 0 Å². The molecule has 1 aliphatic rings. The molecular weight excluding hydrogens is 186 g/mol. The number of nitrogens with two attached hydrogens (primary N) is 1. The molecule has 0 aromatic carbocycles. The molecule has 15 heavy (non-hydrogen) atoms. The maximum Gasteiger partial charge on any atom is 0.132 e. The van der Waals surface area contributed by atoms with E-state index in [0.29, 0.717) is 11.9 Å². The van der Waals surface area contributed by atoms with Gasteiger partial charge in [-0.15, -0.1) is 0 Å². The highest BCUT2D eigenvalue weighted by molar-refractivity contribution is 5.89. The molecule has 0 aliphatic heterocycles. The van der Waals surface area contributed by atoms with Crippen molar-refractivity contribution in [1.29, 1.82) is 0 Å². The summed E-state index contributed by atoms with van der Waals surface area (Å²) in [6.07, 6.45) is 9.25. The molecule has 0 atom stereocenters. The average molecular weight is 201 g/mol. The van der Waals surface area contributed by atoms with Gasteiger partial charge in [0.15, 0.2) is 0 Å². The summed E-state index contributed by atoms with van der Waals surface area (Å²) in [5, 5.41) is 1.09. The summed E-state index contributed by atoms with van der Waals surface area (Å²) in [5.41, 5.74) is 7.07. The molecule has 0 unspecified atom stereocenters. The summed E-state index contributed by atoms with van der Waals surface area (Å²) >= 11 is 0. The second kappa shape index (κ2) is 3.26. The van der Waals surface area contributed by atoms with Crippen molar-refractivity contribution in [2.24, 2.45) is 0 Å². The van der Waals surface area contributed by atoms with Crippen molar-refractivity contribution in [2.45, 2.75) is 31.7 Å². The van der Waals surface area contributed by atoms with Crippen LogP contribution in [0.5, 0.6) is 0 Å². The highest BCUT2D eigenvalue weighted by atomic mass is 15.0. The number of hydrogen-bond acceptors (Lipinski definition) is 2. The van der Waals surface area contributed by atoms with Crippen molar-refractivity contribution in [3.63, 3.8) is 0 Å². The Morgan fingerprint density at radius 2 is 2.07 bits per heavy atom. The van der Waals surface area contributed by atoms with E-state index < -0.39 is 0 Å². The van der Waals surface area contributed by atoms with Gasteiger partial charge in [0.1, 0.15) is 5.82 Å². The van der Waals surface area contributed by atoms with Crippen LogP contribution in [-0.2, 0) is 0 Å². The van der Waals surface area contributed by atoms with Crippen LogP contribution in [0.15, 0.2) is 24.5 Å². The SMILES string of the molecule is Nc1nccc2c1ccn2C1CCCC1. The summed E-state index contributed by atoms with van der Waals surface area (Å²) in [7, 11) is 0. The maximum absolute atomic E-state index is 5.84. The van der Waals surface area contributed by atoms with E-state index in [9.17, 15) is 0 Å². The van der Waals surface area contributed by atoms with Gasteiger partial charge in [-0.1, -0.05) is 12.8 Å². The second-order valence-electron chi connectivity index (χ2n) is 4.29. The zero-order valence-electron chi connectivity index (χ0n) is 8.69. The summed E-state index contributed by atoms with van der Waals surface area (Å²) < 4.78 is 2.36. The molecule has 0 bridgehead atoms. The number of aromatic nitrogens is 2. The molecule has 0 amide bonds. The number of nitrogen functional groups attached to an aromatic ring is 1. The summed E-state index contributed by atoms with van der Waals surface area (Å²) in [5.74, 6) is 0.643. The molecule has 2 aromatic heterocycles. The van der Waals surface area contributed by atoms with Gasteiger partial charge in [0.2, 0.25) is 0 Å². The molecule has 0 saturated heterocycles. The van der Waals surface area contributed by atoms with Crippen LogP contribution in [-0.4, -0.2) is 9.55 Å². The van der Waals surface area contributed by atoms with Crippen LogP contribution in [0.4, 0.5) is 5.82 Å². The lowest BCUT2D eigenvalue weighted by Crippen LogP contribution is -2.02. The predicted octanol–water partition coefficient (Wildman–Crippen LogP) is 2.73. The summed E-state index contributed by atoms with van der Waals surface area (Å²) in [6.45, 7) is 0. The number of anilines is 1. The minimum absolute atomic E-state index is 0.643. The van der Waals surface area contributed by atoms with Crippen molar-refractivity contribution in [3.05, 3.63) is 24.5 Å². The first-order chi connectivity index (χ1) is 7.36. The van der Waals surface area contributed by atoms with Crippen molar-refractivity contribution in [2.75, 3.05) is 5.73 Å². The lowest BCUT2D eigenvalue weighted by Gasteiger charge is -2.13. The minimum Gasteiger partial charge on any atom is -0.383 e. The molecule has 1 fully saturated rings. The van der Waals surface area contributed by atoms with E-state index in [-0.39, 0.29) is 0 Å². The first-order valence-electron chi connectivity index (χ1n) is 5.57. The number of rotatable bonds is 1. The summed E-state index contributed by atoms with van der Waals surface area (Å²) in [6, 6.07) is 4.81. The van der Waals surface area contributed by atoms with E-state index in [0.717, 1.165) is 5.39 Å². The Kier molecular flexibility index (Phi) is 1.91. The van der Waals surface area contributed by atoms with Crippen LogP contribution >= 0.6 is 0 Å². The van der Waals surface area contributed by atoms with Gasteiger partial charge in [-0.05, 0) is 25.0 Å². The molecule has 3 rings (SSSR count). The zero-order chi connectivity index (χ0) is 10.3. The highest BCUT2D eigenvalue weighted by Gasteiger charge is 2.18. The van der Waals surface area contributed by atoms with Crippen molar-refractivity contribution in [3.8, 4) is 0 Å². The fourth-order valence-corrected chi connectivity index (χ4v) is 2.61. The van der Waals surface area contributed by atoms with Crippen molar-refractivity contribution < 1.29 is 0 Å². The van der Waals surface area contributed by atoms with Crippen LogP contribution in [0.2, 0.25) is 0 Å². The molecule has 0 spiro atoms. The third-order valence-corrected chi connectivity index (χ3v) is 3.40. The molecular formula is C12H15N3. The Bertz CT molecular complexity index is 481. The number of hydrogen-bond donors (Lipinski definition) is 1. The number of fused-ring (bicyclic) bond motifs is 1. The van der Waals surface area contributed by atoms with Crippen molar-refractivity contribution >= 4 is 16.7 Å². The van der Waals surface area contributed by atoms with Crippen molar-refractivity contribution in [1.82, 2.24) is 9.55 Å². The Balaban J connectivity index is 2.15. The van der Waals surface area contributed by atoms with Crippen LogP contribution in [0.25, 0.3) is 10.9 Å². The van der Waals surface area contributed by atoms with Gasteiger partial charge in [0.05, 0.1) is 5.52 Å². The quantitative estimate of drug-likeness (QED) is 0.771. The third kappa shape index (κ3) is 1.30. The second-order valence-corrected chi connectivity index (χ2v) is 4.29. The maximum atomic E-state index is 5.84. The molecule has 2 N–H and O–H groups in total. The smallest absolute Gasteiger partial charge is 0.132 e. The van der Waals surface area contributed by atoms with Gasteiger partial charge < -0.3 is 10.3 Å². The lowest BCUT2D eigenvalue weighted by molar-refractivity contribution is 0.536. The van der Waals surface area contributed by atoms with E-state index in [1.807, 2.05) is 0 Å². The van der Waals surface area contributed by atoms with Gasteiger partial charge in [0.25, 0.3) is 0 Å². The average Bonchev–Trinajstić information content (AvgIpc) is 2.85. The summed E-state index contributed by atoms with van der Waals surface area (Å²) in [4.78, 5) is 4.11. The Hall–Kier alpha value is -1.51. The largest absolute Gasteiger partial charge is 0.383 e. The van der Waals surface area contributed by atoms with E-state index in [4.69, 9.17) is 5.73 Å². The van der Waals surface area contributed by atoms with Crippen LogP contribution < -0.4 is 5.73 Å². The first-order valence-corrected chi connectivity index (χ1v) is 5.57. The molecule has 3 heteroatoms. The molecule has 78 valence electrons. The Labute approximate surface area is 88.9 Å². The molecule has 0 radical (unpaired) electrons. The number of nitrogens with zero attached hydrogens (tertiary/aromatic N) is 2. The van der Waals surface area contributed by atoms with Crippen LogP contribution in [0.1, 0.15) is 31.7 Å². The van der Waals surface area contributed by atoms with E-state index in [1.54, 1.807) is 6.20 Å². The molecule has 2 heterocycles. The van der Waals surface area contributed by atoms with Gasteiger partial charge in [-0.25, -0.2) is 4.98 Å². The van der Waals surface area contributed by atoms with E-state index in [1.165, 1.54) is 31.2 Å². The predicted molar refractivity (Wildman–Crippen MR) is 61.7 cm³/mol. The minimum atomic E-state index is 0.643. The lowest BCUT2D eigenvalue weighted by atomic mass is 10.2. The molecule has 3 nitrogen and oxygen atoms in total. The Morgan fingerprint density at radius 3 is 2.87 bits per heavy atom. The Morgan fingerprint density at radius 1 is 1.27 bits per heavy atom.